The second-order valence-electron chi connectivity index (χ2n) is 5.38. The van der Waals surface area contributed by atoms with Crippen molar-refractivity contribution in [1.82, 2.24) is 25.5 Å². The number of rotatable bonds is 5. The third-order valence-corrected chi connectivity index (χ3v) is 3.80. The van der Waals surface area contributed by atoms with E-state index in [4.69, 9.17) is 4.74 Å². The average Bonchev–Trinajstić information content (AvgIpc) is 2.92. The van der Waals surface area contributed by atoms with Crippen molar-refractivity contribution < 1.29 is 13.9 Å². The lowest BCUT2D eigenvalue weighted by atomic mass is 10.0. The van der Waals surface area contributed by atoms with Crippen molar-refractivity contribution in [2.45, 2.75) is 31.7 Å². The number of halogens is 1. The molecule has 1 aromatic heterocycles. The van der Waals surface area contributed by atoms with Gasteiger partial charge in [0.1, 0.15) is 6.61 Å². The van der Waals surface area contributed by atoms with Crippen LogP contribution in [0.4, 0.5) is 4.39 Å². The number of nitrogens with one attached hydrogen (secondary N) is 1. The summed E-state index contributed by atoms with van der Waals surface area (Å²) < 4.78 is 20.4. The first-order chi connectivity index (χ1) is 11.3. The Bertz CT molecular complexity index is 675. The van der Waals surface area contributed by atoms with E-state index in [1.165, 1.54) is 6.07 Å². The molecule has 122 valence electrons. The van der Waals surface area contributed by atoms with Crippen LogP contribution in [-0.4, -0.2) is 39.3 Å². The van der Waals surface area contributed by atoms with Gasteiger partial charge in [-0.1, -0.05) is 18.6 Å². The summed E-state index contributed by atoms with van der Waals surface area (Å²) in [6.45, 7) is 1.23. The Hall–Kier alpha value is -2.51. The maximum Gasteiger partial charge on any atom is 0.230 e. The number of hydrogen-bond donors (Lipinski definition) is 1. The first kappa shape index (κ1) is 15.4. The number of ether oxygens (including phenoxy) is 1. The number of carbonyl (C=O) groups excluding carboxylic acids is 1. The molecule has 1 aliphatic rings. The fourth-order valence-electron chi connectivity index (χ4n) is 2.63. The minimum atomic E-state index is -0.415. The number of carbonyl (C=O) groups is 1. The summed E-state index contributed by atoms with van der Waals surface area (Å²) in [5.74, 6) is -0.0991. The van der Waals surface area contributed by atoms with Gasteiger partial charge in [-0.25, -0.2) is 9.07 Å². The Balaban J connectivity index is 1.51. The molecular formula is C15H18FN5O2. The van der Waals surface area contributed by atoms with E-state index in [9.17, 15) is 9.18 Å². The molecular weight excluding hydrogens is 301 g/mol. The Morgan fingerprint density at radius 1 is 1.39 bits per heavy atom. The van der Waals surface area contributed by atoms with Crippen LogP contribution in [-0.2, 0) is 11.3 Å². The van der Waals surface area contributed by atoms with Gasteiger partial charge in [-0.05, 0) is 35.4 Å². The van der Waals surface area contributed by atoms with E-state index in [-0.39, 0.29) is 24.2 Å². The normalized spacial score (nSPS) is 17.2. The first-order valence-corrected chi connectivity index (χ1v) is 7.67. The molecule has 1 N–H and O–H groups in total. The topological polar surface area (TPSA) is 81.9 Å². The van der Waals surface area contributed by atoms with Crippen LogP contribution in [0.2, 0.25) is 0 Å². The summed E-state index contributed by atoms with van der Waals surface area (Å²) in [7, 11) is 0. The van der Waals surface area contributed by atoms with Crippen molar-refractivity contribution in [3.63, 3.8) is 0 Å². The molecule has 23 heavy (non-hydrogen) atoms. The van der Waals surface area contributed by atoms with Gasteiger partial charge in [0.25, 0.3) is 0 Å². The number of tetrazole rings is 1. The molecule has 1 aromatic carbocycles. The van der Waals surface area contributed by atoms with Gasteiger partial charge in [0, 0.05) is 6.54 Å². The molecule has 0 radical (unpaired) electrons. The molecule has 2 aromatic rings. The van der Waals surface area contributed by atoms with Crippen molar-refractivity contribution in [3.05, 3.63) is 35.9 Å². The average molecular weight is 319 g/mol. The molecule has 0 aliphatic carbocycles. The third-order valence-electron chi connectivity index (χ3n) is 3.80. The van der Waals surface area contributed by atoms with Crippen LogP contribution in [0.3, 0.4) is 0 Å². The van der Waals surface area contributed by atoms with E-state index in [1.807, 2.05) is 0 Å². The van der Waals surface area contributed by atoms with E-state index in [1.54, 1.807) is 22.9 Å². The maximum atomic E-state index is 13.4. The van der Waals surface area contributed by atoms with Crippen molar-refractivity contribution in [2.75, 3.05) is 13.2 Å². The highest BCUT2D eigenvalue weighted by Gasteiger charge is 2.28. The molecule has 0 spiro atoms. The number of nitrogens with zero attached hydrogens (tertiary/aromatic N) is 4. The molecule has 0 saturated carbocycles. The monoisotopic (exact) mass is 319 g/mol. The predicted octanol–water partition coefficient (Wildman–Crippen LogP) is 1.27. The minimum absolute atomic E-state index is 0.125. The highest BCUT2D eigenvalue weighted by Crippen LogP contribution is 2.23. The Morgan fingerprint density at radius 2 is 2.26 bits per heavy atom. The Kier molecular flexibility index (Phi) is 4.80. The molecule has 0 saturated heterocycles. The molecule has 1 atom stereocenters. The van der Waals surface area contributed by atoms with Gasteiger partial charge >= 0.3 is 0 Å². The van der Waals surface area contributed by atoms with Gasteiger partial charge in [-0.15, -0.1) is 5.10 Å². The van der Waals surface area contributed by atoms with Crippen LogP contribution < -0.4 is 10.1 Å². The van der Waals surface area contributed by atoms with Crippen LogP contribution >= 0.6 is 0 Å². The lowest BCUT2D eigenvalue weighted by Gasteiger charge is -2.14. The molecule has 1 unspecified atom stereocenters. The summed E-state index contributed by atoms with van der Waals surface area (Å²) in [4.78, 5) is 12.3. The number of benzene rings is 1. The van der Waals surface area contributed by atoms with E-state index in [0.717, 1.165) is 25.8 Å². The number of para-hydroxylation sites is 1. The van der Waals surface area contributed by atoms with Gasteiger partial charge in [0.2, 0.25) is 5.91 Å². The fourth-order valence-corrected chi connectivity index (χ4v) is 2.63. The molecule has 0 fully saturated rings. The van der Waals surface area contributed by atoms with Crippen LogP contribution in [0, 0.1) is 5.82 Å². The van der Waals surface area contributed by atoms with Crippen LogP contribution in [0.15, 0.2) is 24.3 Å². The largest absolute Gasteiger partial charge is 0.489 e. The molecule has 7 nitrogen and oxygen atoms in total. The minimum Gasteiger partial charge on any atom is -0.489 e. The van der Waals surface area contributed by atoms with Gasteiger partial charge in [-0.3, -0.25) is 4.79 Å². The predicted molar refractivity (Wildman–Crippen MR) is 79.3 cm³/mol. The van der Waals surface area contributed by atoms with Gasteiger partial charge in [-0.2, -0.15) is 0 Å². The van der Waals surface area contributed by atoms with Crippen molar-refractivity contribution >= 4 is 5.91 Å². The molecule has 2 heterocycles. The zero-order chi connectivity index (χ0) is 16.1. The van der Waals surface area contributed by atoms with E-state index < -0.39 is 5.82 Å². The zero-order valence-corrected chi connectivity index (χ0v) is 12.6. The summed E-state index contributed by atoms with van der Waals surface area (Å²) in [6.07, 6.45) is 2.62. The first-order valence-electron chi connectivity index (χ1n) is 7.67. The SMILES string of the molecule is O=C(NCCOc1ccccc1F)C1CCCCn2nnnc21. The van der Waals surface area contributed by atoms with E-state index >= 15 is 0 Å². The van der Waals surface area contributed by atoms with E-state index in [2.05, 4.69) is 20.8 Å². The molecule has 1 amide bonds. The smallest absolute Gasteiger partial charge is 0.230 e. The fraction of sp³-hybridized carbons (Fsp3) is 0.467. The quantitative estimate of drug-likeness (QED) is 0.840. The van der Waals surface area contributed by atoms with Gasteiger partial charge < -0.3 is 10.1 Å². The van der Waals surface area contributed by atoms with Crippen molar-refractivity contribution in [1.29, 1.82) is 0 Å². The Labute approximate surface area is 132 Å². The highest BCUT2D eigenvalue weighted by atomic mass is 19.1. The maximum absolute atomic E-state index is 13.4. The van der Waals surface area contributed by atoms with Crippen LogP contribution in [0.25, 0.3) is 0 Å². The lowest BCUT2D eigenvalue weighted by Crippen LogP contribution is -2.33. The standard InChI is InChI=1S/C15H18FN5O2/c16-12-6-1-2-7-13(12)23-10-8-17-15(22)11-5-3-4-9-21-14(11)18-19-20-21/h1-2,6-7,11H,3-5,8-10H2,(H,17,22). The zero-order valence-electron chi connectivity index (χ0n) is 12.6. The second-order valence-corrected chi connectivity index (χ2v) is 5.38. The van der Waals surface area contributed by atoms with Gasteiger partial charge in [0.05, 0.1) is 12.5 Å². The number of amides is 1. The number of fused-ring (bicyclic) bond motifs is 1. The molecule has 0 bridgehead atoms. The molecule has 1 aliphatic heterocycles. The van der Waals surface area contributed by atoms with Crippen LogP contribution in [0.1, 0.15) is 31.0 Å². The van der Waals surface area contributed by atoms with Gasteiger partial charge in [0.15, 0.2) is 17.4 Å². The summed E-state index contributed by atoms with van der Waals surface area (Å²) >= 11 is 0. The molecule has 3 rings (SSSR count). The molecule has 8 heteroatoms. The van der Waals surface area contributed by atoms with Crippen molar-refractivity contribution in [3.8, 4) is 5.75 Å². The van der Waals surface area contributed by atoms with E-state index in [0.29, 0.717) is 12.4 Å². The van der Waals surface area contributed by atoms with Crippen molar-refractivity contribution in [2.24, 2.45) is 0 Å². The second kappa shape index (κ2) is 7.17. The third kappa shape index (κ3) is 3.64. The highest BCUT2D eigenvalue weighted by molar-refractivity contribution is 5.82. The lowest BCUT2D eigenvalue weighted by molar-refractivity contribution is -0.123. The van der Waals surface area contributed by atoms with Crippen LogP contribution in [0.5, 0.6) is 5.75 Å². The number of aromatic nitrogens is 4. The number of hydrogen-bond acceptors (Lipinski definition) is 5. The summed E-state index contributed by atoms with van der Waals surface area (Å²) in [5.41, 5.74) is 0. The summed E-state index contributed by atoms with van der Waals surface area (Å²) in [6, 6.07) is 6.18. The summed E-state index contributed by atoms with van der Waals surface area (Å²) in [5, 5.41) is 14.3. The Morgan fingerprint density at radius 3 is 3.13 bits per heavy atom. The number of aryl methyl sites for hydroxylation is 1.